The van der Waals surface area contributed by atoms with E-state index in [0.29, 0.717) is 0 Å². The zero-order chi connectivity index (χ0) is 13.6. The minimum Gasteiger partial charge on any atom is -0.368 e. The van der Waals surface area contributed by atoms with Gasteiger partial charge in [0.1, 0.15) is 4.83 Å². The summed E-state index contributed by atoms with van der Waals surface area (Å²) in [4.78, 5) is 9.51. The standard InChI is InChI=1S/C13H15N5S/c1-4-9-7(2)17-18(8(9)3)11-10-5-6-19-12(10)16-13(14)15-11/h5-6H,4H2,1-3H3,(H2,14,15,16). The molecule has 3 rings (SSSR count). The fraction of sp³-hybridized carbons (Fsp3) is 0.308. The second-order valence-electron chi connectivity index (χ2n) is 4.46. The zero-order valence-corrected chi connectivity index (χ0v) is 12.0. The molecule has 19 heavy (non-hydrogen) atoms. The Morgan fingerprint density at radius 2 is 2.11 bits per heavy atom. The first-order valence-corrected chi connectivity index (χ1v) is 7.06. The molecule has 0 spiro atoms. The lowest BCUT2D eigenvalue weighted by atomic mass is 10.1. The molecule has 0 saturated heterocycles. The van der Waals surface area contributed by atoms with Gasteiger partial charge in [0.05, 0.1) is 11.1 Å². The number of aryl methyl sites for hydroxylation is 1. The van der Waals surface area contributed by atoms with Gasteiger partial charge in [-0.15, -0.1) is 11.3 Å². The molecule has 5 nitrogen and oxygen atoms in total. The summed E-state index contributed by atoms with van der Waals surface area (Å²) >= 11 is 1.56. The van der Waals surface area contributed by atoms with Gasteiger partial charge in [-0.25, -0.2) is 9.67 Å². The van der Waals surface area contributed by atoms with Crippen LogP contribution in [-0.2, 0) is 6.42 Å². The zero-order valence-electron chi connectivity index (χ0n) is 11.1. The fourth-order valence-electron chi connectivity index (χ4n) is 2.41. The lowest BCUT2D eigenvalue weighted by molar-refractivity contribution is 0.811. The highest BCUT2D eigenvalue weighted by Crippen LogP contribution is 2.26. The van der Waals surface area contributed by atoms with E-state index in [4.69, 9.17) is 5.73 Å². The third-order valence-corrected chi connectivity index (χ3v) is 4.12. The molecule has 98 valence electrons. The maximum absolute atomic E-state index is 5.79. The molecule has 0 atom stereocenters. The van der Waals surface area contributed by atoms with Crippen molar-refractivity contribution in [2.75, 3.05) is 5.73 Å². The van der Waals surface area contributed by atoms with Gasteiger partial charge in [0.2, 0.25) is 5.95 Å². The maximum atomic E-state index is 5.79. The normalized spacial score (nSPS) is 11.3. The van der Waals surface area contributed by atoms with E-state index in [1.165, 1.54) is 5.56 Å². The van der Waals surface area contributed by atoms with Crippen molar-refractivity contribution in [3.05, 3.63) is 28.4 Å². The summed E-state index contributed by atoms with van der Waals surface area (Å²) in [6.45, 7) is 6.23. The Labute approximate surface area is 115 Å². The number of nitrogens with zero attached hydrogens (tertiary/aromatic N) is 4. The lowest BCUT2D eigenvalue weighted by Gasteiger charge is -2.06. The third-order valence-electron chi connectivity index (χ3n) is 3.32. The molecule has 0 aliphatic heterocycles. The number of fused-ring (bicyclic) bond motifs is 1. The highest BCUT2D eigenvalue weighted by atomic mass is 32.1. The van der Waals surface area contributed by atoms with Crippen LogP contribution < -0.4 is 5.73 Å². The molecule has 0 fully saturated rings. The van der Waals surface area contributed by atoms with E-state index in [9.17, 15) is 0 Å². The van der Waals surface area contributed by atoms with E-state index in [0.717, 1.165) is 33.8 Å². The second-order valence-corrected chi connectivity index (χ2v) is 5.35. The molecule has 0 bridgehead atoms. The number of hydrogen-bond donors (Lipinski definition) is 1. The van der Waals surface area contributed by atoms with Gasteiger partial charge in [-0.2, -0.15) is 10.1 Å². The molecule has 0 aromatic carbocycles. The van der Waals surface area contributed by atoms with Crippen LogP contribution in [0.3, 0.4) is 0 Å². The van der Waals surface area contributed by atoms with E-state index in [-0.39, 0.29) is 5.95 Å². The van der Waals surface area contributed by atoms with Gasteiger partial charge in [0.25, 0.3) is 0 Å². The SMILES string of the molecule is CCc1c(C)nn(-c2nc(N)nc3sccc23)c1C. The van der Waals surface area contributed by atoms with Crippen molar-refractivity contribution in [1.29, 1.82) is 0 Å². The highest BCUT2D eigenvalue weighted by Gasteiger charge is 2.16. The van der Waals surface area contributed by atoms with Crippen LogP contribution in [0, 0.1) is 13.8 Å². The Bertz CT molecular complexity index is 756. The summed E-state index contributed by atoms with van der Waals surface area (Å²) in [7, 11) is 0. The molecule has 3 aromatic rings. The molecular formula is C13H15N5S. The van der Waals surface area contributed by atoms with Crippen LogP contribution in [0.5, 0.6) is 0 Å². The van der Waals surface area contributed by atoms with Crippen molar-refractivity contribution < 1.29 is 0 Å². The van der Waals surface area contributed by atoms with Crippen molar-refractivity contribution in [2.24, 2.45) is 0 Å². The Morgan fingerprint density at radius 3 is 2.79 bits per heavy atom. The first-order chi connectivity index (χ1) is 9.11. The molecule has 0 radical (unpaired) electrons. The van der Waals surface area contributed by atoms with Gasteiger partial charge in [0, 0.05) is 5.69 Å². The summed E-state index contributed by atoms with van der Waals surface area (Å²) < 4.78 is 1.88. The van der Waals surface area contributed by atoms with E-state index in [2.05, 4.69) is 28.9 Å². The lowest BCUT2D eigenvalue weighted by Crippen LogP contribution is -2.06. The van der Waals surface area contributed by atoms with Crippen molar-refractivity contribution in [3.63, 3.8) is 0 Å². The van der Waals surface area contributed by atoms with Crippen molar-refractivity contribution in [1.82, 2.24) is 19.7 Å². The average Bonchev–Trinajstić information content (AvgIpc) is 2.93. The summed E-state index contributed by atoms with van der Waals surface area (Å²) in [5.41, 5.74) is 9.21. The Hall–Kier alpha value is -1.95. The first-order valence-electron chi connectivity index (χ1n) is 6.18. The van der Waals surface area contributed by atoms with Gasteiger partial charge in [-0.3, -0.25) is 0 Å². The van der Waals surface area contributed by atoms with Crippen LogP contribution in [0.15, 0.2) is 11.4 Å². The van der Waals surface area contributed by atoms with Crippen LogP contribution in [-0.4, -0.2) is 19.7 Å². The second kappa shape index (κ2) is 4.31. The van der Waals surface area contributed by atoms with Gasteiger partial charge < -0.3 is 5.73 Å². The van der Waals surface area contributed by atoms with Gasteiger partial charge in [-0.05, 0) is 37.3 Å². The number of anilines is 1. The van der Waals surface area contributed by atoms with Gasteiger partial charge in [0.15, 0.2) is 5.82 Å². The number of aromatic nitrogens is 4. The van der Waals surface area contributed by atoms with Crippen molar-refractivity contribution in [3.8, 4) is 5.82 Å². The molecular weight excluding hydrogens is 258 g/mol. The van der Waals surface area contributed by atoms with E-state index in [1.807, 2.05) is 23.1 Å². The molecule has 6 heteroatoms. The average molecular weight is 273 g/mol. The number of thiophene rings is 1. The van der Waals surface area contributed by atoms with Gasteiger partial charge >= 0.3 is 0 Å². The van der Waals surface area contributed by atoms with Crippen molar-refractivity contribution >= 4 is 27.5 Å². The maximum Gasteiger partial charge on any atom is 0.223 e. The summed E-state index contributed by atoms with van der Waals surface area (Å²) in [5.74, 6) is 1.06. The molecule has 0 unspecified atom stereocenters. The van der Waals surface area contributed by atoms with E-state index in [1.54, 1.807) is 11.3 Å². The van der Waals surface area contributed by atoms with Crippen LogP contribution >= 0.6 is 11.3 Å². The highest BCUT2D eigenvalue weighted by molar-refractivity contribution is 7.16. The third kappa shape index (κ3) is 1.79. The predicted octanol–water partition coefficient (Wildman–Crippen LogP) is 2.64. The van der Waals surface area contributed by atoms with Crippen LogP contribution in [0.1, 0.15) is 23.9 Å². The Kier molecular flexibility index (Phi) is 2.74. The molecule has 0 saturated carbocycles. The Balaban J connectivity index is 2.33. The number of nitrogens with two attached hydrogens (primary N) is 1. The number of hydrogen-bond acceptors (Lipinski definition) is 5. The summed E-state index contributed by atoms with van der Waals surface area (Å²) in [6.07, 6.45) is 0.963. The fourth-order valence-corrected chi connectivity index (χ4v) is 3.18. The first kappa shape index (κ1) is 12.1. The minimum absolute atomic E-state index is 0.288. The van der Waals surface area contributed by atoms with Gasteiger partial charge in [-0.1, -0.05) is 6.92 Å². The molecule has 2 N–H and O–H groups in total. The van der Waals surface area contributed by atoms with E-state index < -0.39 is 0 Å². The number of nitrogen functional groups attached to an aromatic ring is 1. The smallest absolute Gasteiger partial charge is 0.223 e. The predicted molar refractivity (Wildman–Crippen MR) is 77.8 cm³/mol. The summed E-state index contributed by atoms with van der Waals surface area (Å²) in [5, 5.41) is 7.59. The number of rotatable bonds is 2. The monoisotopic (exact) mass is 273 g/mol. The van der Waals surface area contributed by atoms with Crippen LogP contribution in [0.4, 0.5) is 5.95 Å². The molecule has 0 aliphatic carbocycles. The topological polar surface area (TPSA) is 69.6 Å². The van der Waals surface area contributed by atoms with Crippen LogP contribution in [0.2, 0.25) is 0 Å². The largest absolute Gasteiger partial charge is 0.368 e. The summed E-state index contributed by atoms with van der Waals surface area (Å²) in [6, 6.07) is 2.01. The Morgan fingerprint density at radius 1 is 1.32 bits per heavy atom. The molecule has 0 amide bonds. The molecule has 0 aliphatic rings. The quantitative estimate of drug-likeness (QED) is 0.779. The molecule has 3 aromatic heterocycles. The van der Waals surface area contributed by atoms with Crippen molar-refractivity contribution in [2.45, 2.75) is 27.2 Å². The minimum atomic E-state index is 0.288. The molecule has 3 heterocycles. The van der Waals surface area contributed by atoms with Crippen LogP contribution in [0.25, 0.3) is 16.0 Å². The van der Waals surface area contributed by atoms with E-state index >= 15 is 0 Å².